The molecular weight excluding hydrogens is 416 g/mol. The number of carbonyl (C=O) groups excluding carboxylic acids is 1. The van der Waals surface area contributed by atoms with Crippen molar-refractivity contribution in [2.24, 2.45) is 11.8 Å². The second-order valence-corrected chi connectivity index (χ2v) is 8.74. The van der Waals surface area contributed by atoms with Crippen molar-refractivity contribution in [3.63, 3.8) is 0 Å². The molecule has 2 aromatic carbocycles. The molecule has 7 heteroatoms. The highest BCUT2D eigenvalue weighted by atomic mass is 16.5. The SMILES string of the molecule is CNCCOc1ccc(-c2cc(N3CC4CCNC(=O)C4C3)c3ccc(OC)cc3n2)cc1. The number of ether oxygens (including phenoxy) is 2. The van der Waals surface area contributed by atoms with E-state index in [1.807, 2.05) is 43.4 Å². The highest BCUT2D eigenvalue weighted by Crippen LogP contribution is 2.38. The molecule has 0 bridgehead atoms. The summed E-state index contributed by atoms with van der Waals surface area (Å²) < 4.78 is 11.2. The summed E-state index contributed by atoms with van der Waals surface area (Å²) in [6.07, 6.45) is 1.03. The lowest BCUT2D eigenvalue weighted by molar-refractivity contribution is -0.127. The monoisotopic (exact) mass is 446 g/mol. The van der Waals surface area contributed by atoms with Gasteiger partial charge in [-0.25, -0.2) is 4.98 Å². The summed E-state index contributed by atoms with van der Waals surface area (Å²) in [4.78, 5) is 19.7. The average molecular weight is 447 g/mol. The van der Waals surface area contributed by atoms with Crippen LogP contribution in [-0.2, 0) is 4.79 Å². The van der Waals surface area contributed by atoms with Crippen LogP contribution >= 0.6 is 0 Å². The van der Waals surface area contributed by atoms with E-state index >= 15 is 0 Å². The van der Waals surface area contributed by atoms with Crippen LogP contribution < -0.4 is 25.0 Å². The van der Waals surface area contributed by atoms with Gasteiger partial charge in [0.2, 0.25) is 5.91 Å². The molecular formula is C26H30N4O3. The molecule has 1 aromatic heterocycles. The smallest absolute Gasteiger partial charge is 0.225 e. The van der Waals surface area contributed by atoms with Crippen molar-refractivity contribution in [2.45, 2.75) is 6.42 Å². The standard InChI is InChI=1S/C26H30N4O3/c1-27-11-12-33-19-5-3-17(4-6-19)23-14-25(21-8-7-20(32-2)13-24(21)29-23)30-15-18-9-10-28-26(31)22(18)16-30/h3-8,13-14,18,22,27H,9-12,15-16H2,1-2H3,(H,28,31). The van der Waals surface area contributed by atoms with E-state index in [1.54, 1.807) is 7.11 Å². The first-order valence-corrected chi connectivity index (χ1v) is 11.6. The zero-order valence-corrected chi connectivity index (χ0v) is 19.1. The van der Waals surface area contributed by atoms with Gasteiger partial charge in [-0.2, -0.15) is 0 Å². The van der Waals surface area contributed by atoms with E-state index in [0.29, 0.717) is 12.5 Å². The molecule has 2 atom stereocenters. The molecule has 0 aliphatic carbocycles. The molecule has 0 saturated carbocycles. The number of nitrogens with zero attached hydrogens (tertiary/aromatic N) is 2. The van der Waals surface area contributed by atoms with Crippen molar-refractivity contribution in [3.8, 4) is 22.8 Å². The van der Waals surface area contributed by atoms with Crippen molar-refractivity contribution in [1.82, 2.24) is 15.6 Å². The van der Waals surface area contributed by atoms with Gasteiger partial charge in [0.25, 0.3) is 0 Å². The third kappa shape index (κ3) is 4.33. The van der Waals surface area contributed by atoms with Gasteiger partial charge in [0.05, 0.1) is 24.2 Å². The number of nitrogens with one attached hydrogen (secondary N) is 2. The van der Waals surface area contributed by atoms with Gasteiger partial charge in [0, 0.05) is 48.9 Å². The number of methoxy groups -OCH3 is 1. The largest absolute Gasteiger partial charge is 0.497 e. The van der Waals surface area contributed by atoms with Crippen LogP contribution in [0.4, 0.5) is 5.69 Å². The number of piperidine rings is 1. The molecule has 0 radical (unpaired) electrons. The summed E-state index contributed by atoms with van der Waals surface area (Å²) in [6, 6.07) is 16.2. The van der Waals surface area contributed by atoms with Crippen LogP contribution in [0.5, 0.6) is 11.5 Å². The number of benzene rings is 2. The number of amides is 1. The van der Waals surface area contributed by atoms with Crippen molar-refractivity contribution in [3.05, 3.63) is 48.5 Å². The molecule has 2 aliphatic heterocycles. The van der Waals surface area contributed by atoms with Crippen molar-refractivity contribution >= 4 is 22.5 Å². The number of hydrogen-bond acceptors (Lipinski definition) is 6. The van der Waals surface area contributed by atoms with Crippen LogP contribution in [0.3, 0.4) is 0 Å². The van der Waals surface area contributed by atoms with Gasteiger partial charge >= 0.3 is 0 Å². The molecule has 3 aromatic rings. The van der Waals surface area contributed by atoms with Crippen molar-refractivity contribution < 1.29 is 14.3 Å². The maximum absolute atomic E-state index is 12.4. The van der Waals surface area contributed by atoms with Crippen LogP contribution in [0.15, 0.2) is 48.5 Å². The van der Waals surface area contributed by atoms with Crippen molar-refractivity contribution in [2.75, 3.05) is 51.8 Å². The first-order chi connectivity index (χ1) is 16.2. The predicted molar refractivity (Wildman–Crippen MR) is 130 cm³/mol. The van der Waals surface area contributed by atoms with E-state index in [4.69, 9.17) is 14.5 Å². The summed E-state index contributed by atoms with van der Waals surface area (Å²) in [7, 11) is 3.58. The van der Waals surface area contributed by atoms with Gasteiger partial charge in [-0.15, -0.1) is 0 Å². The molecule has 2 unspecified atom stereocenters. The highest BCUT2D eigenvalue weighted by Gasteiger charge is 2.40. The molecule has 2 saturated heterocycles. The Hall–Kier alpha value is -3.32. The Morgan fingerprint density at radius 1 is 1.12 bits per heavy atom. The van der Waals surface area contributed by atoms with Crippen LogP contribution in [0.25, 0.3) is 22.2 Å². The molecule has 2 N–H and O–H groups in total. The lowest BCUT2D eigenvalue weighted by Crippen LogP contribution is -2.41. The molecule has 2 fully saturated rings. The Kier molecular flexibility index (Phi) is 6.05. The molecule has 2 aliphatic rings. The molecule has 172 valence electrons. The van der Waals surface area contributed by atoms with Crippen LogP contribution in [0.2, 0.25) is 0 Å². The maximum atomic E-state index is 12.4. The Morgan fingerprint density at radius 3 is 2.70 bits per heavy atom. The minimum atomic E-state index is 0.0534. The number of rotatable bonds is 7. The number of likely N-dealkylation sites (N-methyl/N-ethyl adjacent to an activating group) is 1. The number of carbonyl (C=O) groups is 1. The highest BCUT2D eigenvalue weighted by molar-refractivity contribution is 5.95. The van der Waals surface area contributed by atoms with E-state index in [1.165, 1.54) is 0 Å². The first-order valence-electron chi connectivity index (χ1n) is 11.6. The van der Waals surface area contributed by atoms with E-state index in [0.717, 1.165) is 71.9 Å². The van der Waals surface area contributed by atoms with Gasteiger partial charge in [0.1, 0.15) is 18.1 Å². The lowest BCUT2D eigenvalue weighted by atomic mass is 9.89. The summed E-state index contributed by atoms with van der Waals surface area (Å²) in [5.74, 6) is 2.26. The number of anilines is 1. The summed E-state index contributed by atoms with van der Waals surface area (Å²) in [6.45, 7) is 3.82. The fourth-order valence-corrected chi connectivity index (χ4v) is 4.89. The number of pyridine rings is 1. The molecule has 5 rings (SSSR count). The second kappa shape index (κ2) is 9.27. The first kappa shape index (κ1) is 21.5. The van der Waals surface area contributed by atoms with Crippen LogP contribution in [0.1, 0.15) is 6.42 Å². The van der Waals surface area contributed by atoms with Gasteiger partial charge in [-0.3, -0.25) is 4.79 Å². The zero-order chi connectivity index (χ0) is 22.8. The normalized spacial score (nSPS) is 19.9. The maximum Gasteiger partial charge on any atom is 0.225 e. The third-order valence-corrected chi connectivity index (χ3v) is 6.70. The Balaban J connectivity index is 1.51. The van der Waals surface area contributed by atoms with E-state index in [9.17, 15) is 4.79 Å². The van der Waals surface area contributed by atoms with Gasteiger partial charge in [-0.1, -0.05) is 0 Å². The van der Waals surface area contributed by atoms with Gasteiger partial charge in [0.15, 0.2) is 0 Å². The fraction of sp³-hybridized carbons (Fsp3) is 0.385. The number of aromatic nitrogens is 1. The van der Waals surface area contributed by atoms with E-state index < -0.39 is 0 Å². The van der Waals surface area contributed by atoms with Crippen LogP contribution in [0, 0.1) is 11.8 Å². The summed E-state index contributed by atoms with van der Waals surface area (Å²) in [5.41, 5.74) is 3.92. The fourth-order valence-electron chi connectivity index (χ4n) is 4.89. The number of fused-ring (bicyclic) bond motifs is 2. The van der Waals surface area contributed by atoms with Crippen LogP contribution in [-0.4, -0.2) is 57.8 Å². The predicted octanol–water partition coefficient (Wildman–Crippen LogP) is 3.08. The Labute approximate surface area is 194 Å². The lowest BCUT2D eigenvalue weighted by Gasteiger charge is -2.23. The molecule has 3 heterocycles. The zero-order valence-electron chi connectivity index (χ0n) is 19.1. The number of hydrogen-bond donors (Lipinski definition) is 2. The minimum absolute atomic E-state index is 0.0534. The van der Waals surface area contributed by atoms with E-state index in [-0.39, 0.29) is 11.8 Å². The minimum Gasteiger partial charge on any atom is -0.497 e. The summed E-state index contributed by atoms with van der Waals surface area (Å²) >= 11 is 0. The van der Waals surface area contributed by atoms with Gasteiger partial charge < -0.3 is 25.0 Å². The third-order valence-electron chi connectivity index (χ3n) is 6.70. The Bertz CT molecular complexity index is 1150. The molecule has 33 heavy (non-hydrogen) atoms. The van der Waals surface area contributed by atoms with E-state index in [2.05, 4.69) is 27.7 Å². The molecule has 1 amide bonds. The topological polar surface area (TPSA) is 75.7 Å². The Morgan fingerprint density at radius 2 is 1.94 bits per heavy atom. The molecule has 7 nitrogen and oxygen atoms in total. The molecule has 0 spiro atoms. The van der Waals surface area contributed by atoms with Gasteiger partial charge in [-0.05, 0) is 61.9 Å². The average Bonchev–Trinajstić information content (AvgIpc) is 3.29. The summed E-state index contributed by atoms with van der Waals surface area (Å²) in [5, 5.41) is 7.18. The van der Waals surface area contributed by atoms with Crippen molar-refractivity contribution in [1.29, 1.82) is 0 Å². The second-order valence-electron chi connectivity index (χ2n) is 8.74. The quantitative estimate of drug-likeness (QED) is 0.544.